The molecule has 2 amide bonds. The monoisotopic (exact) mass is 410 g/mol. The minimum absolute atomic E-state index is 0.0488. The summed E-state index contributed by atoms with van der Waals surface area (Å²) >= 11 is 3.45. The zero-order chi connectivity index (χ0) is 18.4. The zero-order valence-corrected chi connectivity index (χ0v) is 15.6. The fraction of sp³-hybridized carbons (Fsp3) is 0.150. The molecule has 0 saturated carbocycles. The van der Waals surface area contributed by atoms with Gasteiger partial charge in [0.15, 0.2) is 5.69 Å². The summed E-state index contributed by atoms with van der Waals surface area (Å²) in [6, 6.07) is 16.1. The highest BCUT2D eigenvalue weighted by Crippen LogP contribution is 2.37. The summed E-state index contributed by atoms with van der Waals surface area (Å²) in [5.74, 6) is -1.24. The molecular weight excluding hydrogens is 396 g/mol. The molecule has 1 fully saturated rings. The highest BCUT2D eigenvalue weighted by atomic mass is 79.9. The van der Waals surface area contributed by atoms with Gasteiger partial charge in [-0.1, -0.05) is 34.1 Å². The molecule has 0 N–H and O–H groups in total. The molecule has 2 aromatic carbocycles. The van der Waals surface area contributed by atoms with Crippen LogP contribution < -0.4 is 9.63 Å². The molecule has 1 atom stereocenters. The van der Waals surface area contributed by atoms with Crippen LogP contribution in [-0.4, -0.2) is 11.8 Å². The molecule has 0 bridgehead atoms. The van der Waals surface area contributed by atoms with Gasteiger partial charge in [-0.3, -0.25) is 14.5 Å². The van der Waals surface area contributed by atoms with Gasteiger partial charge in [-0.05, 0) is 30.3 Å². The van der Waals surface area contributed by atoms with Gasteiger partial charge >= 0.3 is 0 Å². The molecule has 0 radical (unpaired) electrons. The third kappa shape index (κ3) is 2.57. The van der Waals surface area contributed by atoms with Crippen molar-refractivity contribution in [1.82, 2.24) is 0 Å². The Morgan fingerprint density at radius 3 is 2.58 bits per heavy atom. The van der Waals surface area contributed by atoms with Crippen molar-refractivity contribution < 1.29 is 14.3 Å². The number of pyridine rings is 1. The van der Waals surface area contributed by atoms with Crippen molar-refractivity contribution in [3.63, 3.8) is 0 Å². The number of carbonyl (C=O) groups is 2. The number of halogens is 1. The van der Waals surface area contributed by atoms with Crippen LogP contribution in [0.2, 0.25) is 0 Å². The van der Waals surface area contributed by atoms with Crippen molar-refractivity contribution in [3.05, 3.63) is 75.5 Å². The quantitative estimate of drug-likeness (QED) is 0.368. The summed E-state index contributed by atoms with van der Waals surface area (Å²) in [4.78, 5) is 26.8. The largest absolute Gasteiger partial charge is 0.618 e. The summed E-state index contributed by atoms with van der Waals surface area (Å²) in [6.45, 7) is 1.72. The molecule has 130 valence electrons. The van der Waals surface area contributed by atoms with Gasteiger partial charge in [-0.15, -0.1) is 0 Å². The number of hydrogen-bond donors (Lipinski definition) is 0. The van der Waals surface area contributed by atoms with Crippen molar-refractivity contribution in [2.24, 2.45) is 0 Å². The van der Waals surface area contributed by atoms with E-state index in [1.54, 1.807) is 43.3 Å². The van der Waals surface area contributed by atoms with Crippen LogP contribution in [0.5, 0.6) is 0 Å². The Morgan fingerprint density at radius 2 is 1.85 bits per heavy atom. The number of anilines is 1. The van der Waals surface area contributed by atoms with Gasteiger partial charge in [0.25, 0.3) is 0 Å². The van der Waals surface area contributed by atoms with Gasteiger partial charge in [-0.25, -0.2) is 0 Å². The Labute approximate surface area is 158 Å². The average molecular weight is 411 g/mol. The number of benzene rings is 2. The number of fused-ring (bicyclic) bond motifs is 1. The lowest BCUT2D eigenvalue weighted by atomic mass is 9.94. The zero-order valence-electron chi connectivity index (χ0n) is 14.0. The van der Waals surface area contributed by atoms with E-state index in [0.717, 1.165) is 14.6 Å². The number of para-hydroxylation sites is 1. The number of carbonyl (C=O) groups excluding carboxylic acids is 2. The van der Waals surface area contributed by atoms with Crippen LogP contribution in [0.3, 0.4) is 0 Å². The van der Waals surface area contributed by atoms with E-state index >= 15 is 0 Å². The van der Waals surface area contributed by atoms with Crippen molar-refractivity contribution >= 4 is 44.3 Å². The number of aryl methyl sites for hydroxylation is 1. The number of rotatable bonds is 2. The van der Waals surface area contributed by atoms with Crippen LogP contribution in [0.15, 0.2) is 59.1 Å². The van der Waals surface area contributed by atoms with Crippen molar-refractivity contribution in [3.8, 4) is 0 Å². The van der Waals surface area contributed by atoms with Gasteiger partial charge < -0.3 is 5.21 Å². The van der Waals surface area contributed by atoms with Crippen LogP contribution >= 0.6 is 15.9 Å². The number of hydrogen-bond acceptors (Lipinski definition) is 3. The first-order chi connectivity index (χ1) is 12.5. The van der Waals surface area contributed by atoms with E-state index in [4.69, 9.17) is 0 Å². The van der Waals surface area contributed by atoms with E-state index in [9.17, 15) is 14.8 Å². The van der Waals surface area contributed by atoms with Crippen LogP contribution in [0.25, 0.3) is 10.9 Å². The summed E-state index contributed by atoms with van der Waals surface area (Å²) in [5.41, 5.74) is 2.10. The highest BCUT2D eigenvalue weighted by molar-refractivity contribution is 9.10. The molecule has 4 rings (SSSR count). The van der Waals surface area contributed by atoms with Gasteiger partial charge in [-0.2, -0.15) is 4.73 Å². The van der Waals surface area contributed by atoms with Crippen LogP contribution in [-0.2, 0) is 9.59 Å². The summed E-state index contributed by atoms with van der Waals surface area (Å²) in [5, 5.41) is 13.4. The number of nitrogens with zero attached hydrogens (tertiary/aromatic N) is 2. The van der Waals surface area contributed by atoms with Crippen molar-refractivity contribution in [1.29, 1.82) is 0 Å². The Bertz CT molecular complexity index is 1050. The van der Waals surface area contributed by atoms with Gasteiger partial charge in [0, 0.05) is 34.8 Å². The summed E-state index contributed by atoms with van der Waals surface area (Å²) in [6.07, 6.45) is 0.0488. The maximum atomic E-state index is 13.0. The standard InChI is InChI=1S/C20H15BrN2O3/c1-12-7-8-13-9-14(21)10-16(19(13)23(12)26)17-11-18(24)22(20(17)25)15-5-3-2-4-6-15/h2-10,17H,11H2,1H3. The minimum atomic E-state index is -0.676. The minimum Gasteiger partial charge on any atom is -0.618 e. The molecular formula is C20H15BrN2O3. The second-order valence-corrected chi connectivity index (χ2v) is 7.28. The second kappa shape index (κ2) is 6.21. The summed E-state index contributed by atoms with van der Waals surface area (Å²) in [7, 11) is 0. The lowest BCUT2D eigenvalue weighted by Crippen LogP contribution is -2.33. The van der Waals surface area contributed by atoms with Gasteiger partial charge in [0.1, 0.15) is 0 Å². The van der Waals surface area contributed by atoms with Gasteiger partial charge in [0.2, 0.25) is 17.3 Å². The fourth-order valence-electron chi connectivity index (χ4n) is 3.45. The maximum absolute atomic E-state index is 13.0. The molecule has 1 unspecified atom stereocenters. The van der Waals surface area contributed by atoms with Crippen LogP contribution in [0.1, 0.15) is 23.6 Å². The molecule has 5 nitrogen and oxygen atoms in total. The van der Waals surface area contributed by atoms with Crippen molar-refractivity contribution in [2.45, 2.75) is 19.3 Å². The Hall–Kier alpha value is -2.73. The Kier molecular flexibility index (Phi) is 4.00. The first-order valence-electron chi connectivity index (χ1n) is 8.21. The molecule has 0 spiro atoms. The smallest absolute Gasteiger partial charge is 0.242 e. The third-order valence-corrected chi connectivity index (χ3v) is 5.16. The van der Waals surface area contributed by atoms with E-state index in [0.29, 0.717) is 22.5 Å². The van der Waals surface area contributed by atoms with Crippen molar-refractivity contribution in [2.75, 3.05) is 4.90 Å². The molecule has 1 aromatic heterocycles. The Morgan fingerprint density at radius 1 is 1.12 bits per heavy atom. The van der Waals surface area contributed by atoms with E-state index in [1.807, 2.05) is 18.2 Å². The molecule has 1 saturated heterocycles. The molecule has 26 heavy (non-hydrogen) atoms. The Balaban J connectivity index is 1.88. The normalized spacial score (nSPS) is 17.3. The van der Waals surface area contributed by atoms with E-state index < -0.39 is 5.92 Å². The number of amides is 2. The maximum Gasteiger partial charge on any atom is 0.242 e. The van der Waals surface area contributed by atoms with Crippen LogP contribution in [0.4, 0.5) is 5.69 Å². The molecule has 1 aliphatic heterocycles. The lowest BCUT2D eigenvalue weighted by molar-refractivity contribution is -0.584. The number of aromatic nitrogens is 1. The van der Waals surface area contributed by atoms with E-state index in [1.165, 1.54) is 4.90 Å². The number of imide groups is 1. The molecule has 1 aliphatic rings. The predicted octanol–water partition coefficient (Wildman–Crippen LogP) is 3.59. The second-order valence-electron chi connectivity index (χ2n) is 6.36. The predicted molar refractivity (Wildman–Crippen MR) is 102 cm³/mol. The molecule has 3 aromatic rings. The highest BCUT2D eigenvalue weighted by Gasteiger charge is 2.42. The summed E-state index contributed by atoms with van der Waals surface area (Å²) < 4.78 is 1.60. The SMILES string of the molecule is Cc1ccc2cc(Br)cc(C3CC(=O)N(c4ccccc4)C3=O)c2[n+]1[O-]. The fourth-order valence-corrected chi connectivity index (χ4v) is 3.94. The average Bonchev–Trinajstić information content (AvgIpc) is 2.92. The first kappa shape index (κ1) is 16.7. The first-order valence-corrected chi connectivity index (χ1v) is 9.01. The molecule has 0 aliphatic carbocycles. The topological polar surface area (TPSA) is 64.3 Å². The third-order valence-electron chi connectivity index (χ3n) is 4.70. The van der Waals surface area contributed by atoms with E-state index in [2.05, 4.69) is 15.9 Å². The van der Waals surface area contributed by atoms with E-state index in [-0.39, 0.29) is 18.2 Å². The van der Waals surface area contributed by atoms with Crippen LogP contribution in [0, 0.1) is 12.1 Å². The lowest BCUT2D eigenvalue weighted by Gasteiger charge is -2.16. The molecule has 6 heteroatoms. The van der Waals surface area contributed by atoms with Gasteiger partial charge in [0.05, 0.1) is 11.6 Å². The molecule has 2 heterocycles.